The Balaban J connectivity index is 1.77. The van der Waals surface area contributed by atoms with Gasteiger partial charge in [0.05, 0.1) is 0 Å². The van der Waals surface area contributed by atoms with Crippen LogP contribution in [0, 0.1) is 0 Å². The lowest BCUT2D eigenvalue weighted by Crippen LogP contribution is -2.46. The molecular weight excluding hydrogens is 268 g/mol. The van der Waals surface area contributed by atoms with E-state index < -0.39 is 0 Å². The summed E-state index contributed by atoms with van der Waals surface area (Å²) >= 11 is 1.97. The number of nitrogens with zero attached hydrogens (tertiary/aromatic N) is 1. The molecule has 1 amide bonds. The van der Waals surface area contributed by atoms with E-state index in [1.165, 1.54) is 24.8 Å². The van der Waals surface area contributed by atoms with Gasteiger partial charge in [-0.05, 0) is 30.7 Å². The van der Waals surface area contributed by atoms with Gasteiger partial charge < -0.3 is 10.2 Å². The molecule has 1 saturated carbocycles. The maximum atomic E-state index is 12.1. The number of anilines is 1. The summed E-state index contributed by atoms with van der Waals surface area (Å²) in [6, 6.07) is 8.40. The number of para-hydroxylation sites is 1. The minimum atomic E-state index is 0.166. The summed E-state index contributed by atoms with van der Waals surface area (Å²) in [5.74, 6) is 0.202. The highest BCUT2D eigenvalue weighted by atomic mass is 32.2. The number of carbonyl (C=O) groups excluding carboxylic acids is 1. The third-order valence-electron chi connectivity index (χ3n) is 4.79. The van der Waals surface area contributed by atoms with Crippen LogP contribution in [0.5, 0.6) is 0 Å². The van der Waals surface area contributed by atoms with E-state index in [0.717, 1.165) is 12.2 Å². The number of hydrogen-bond donors (Lipinski definition) is 1. The molecule has 3 rings (SSSR count). The third-order valence-corrected chi connectivity index (χ3v) is 6.21. The molecule has 1 heterocycles. The Morgan fingerprint density at radius 2 is 2.15 bits per heavy atom. The summed E-state index contributed by atoms with van der Waals surface area (Å²) in [4.78, 5) is 13.9. The molecule has 1 atom stereocenters. The zero-order valence-electron chi connectivity index (χ0n) is 12.2. The van der Waals surface area contributed by atoms with Crippen molar-refractivity contribution in [2.45, 2.75) is 36.5 Å². The fourth-order valence-electron chi connectivity index (χ4n) is 3.16. The van der Waals surface area contributed by atoms with Gasteiger partial charge in [-0.15, -0.1) is 0 Å². The highest BCUT2D eigenvalue weighted by Crippen LogP contribution is 2.43. The monoisotopic (exact) mass is 290 g/mol. The molecule has 1 unspecified atom stereocenters. The second-order valence-electron chi connectivity index (χ2n) is 5.89. The lowest BCUT2D eigenvalue weighted by atomic mass is 9.83. The first-order valence-electron chi connectivity index (χ1n) is 7.29. The molecule has 1 aromatic carbocycles. The molecule has 4 heteroatoms. The van der Waals surface area contributed by atoms with Crippen LogP contribution in [-0.4, -0.2) is 30.5 Å². The summed E-state index contributed by atoms with van der Waals surface area (Å²) in [5.41, 5.74) is 2.30. The molecule has 0 saturated heterocycles. The van der Waals surface area contributed by atoms with Gasteiger partial charge in [-0.3, -0.25) is 4.79 Å². The zero-order valence-corrected chi connectivity index (χ0v) is 13.0. The summed E-state index contributed by atoms with van der Waals surface area (Å²) < 4.78 is 0.404. The quantitative estimate of drug-likeness (QED) is 0.925. The van der Waals surface area contributed by atoms with Crippen molar-refractivity contribution in [3.8, 4) is 0 Å². The van der Waals surface area contributed by atoms with Gasteiger partial charge in [0, 0.05) is 36.5 Å². The molecule has 2 aliphatic rings. The maximum absolute atomic E-state index is 12.1. The Hall–Kier alpha value is -1.00. The van der Waals surface area contributed by atoms with Crippen LogP contribution < -0.4 is 10.2 Å². The van der Waals surface area contributed by atoms with E-state index in [1.807, 2.05) is 30.9 Å². The van der Waals surface area contributed by atoms with Crippen LogP contribution in [0.25, 0.3) is 0 Å². The van der Waals surface area contributed by atoms with Gasteiger partial charge in [0.25, 0.3) is 0 Å². The number of rotatable bonds is 4. The Morgan fingerprint density at radius 1 is 1.40 bits per heavy atom. The SMILES string of the molecule is CSC1(CNC2CC(=O)N(C)c3ccccc32)CCC1. The average Bonchev–Trinajstić information content (AvgIpc) is 2.43. The van der Waals surface area contributed by atoms with Crippen molar-refractivity contribution in [1.29, 1.82) is 0 Å². The van der Waals surface area contributed by atoms with Crippen molar-refractivity contribution in [3.63, 3.8) is 0 Å². The van der Waals surface area contributed by atoms with E-state index in [-0.39, 0.29) is 11.9 Å². The van der Waals surface area contributed by atoms with Gasteiger partial charge in [-0.25, -0.2) is 0 Å². The van der Waals surface area contributed by atoms with Crippen LogP contribution in [0.15, 0.2) is 24.3 Å². The van der Waals surface area contributed by atoms with Crippen molar-refractivity contribution in [3.05, 3.63) is 29.8 Å². The van der Waals surface area contributed by atoms with E-state index in [0.29, 0.717) is 11.2 Å². The molecule has 3 nitrogen and oxygen atoms in total. The smallest absolute Gasteiger partial charge is 0.228 e. The lowest BCUT2D eigenvalue weighted by Gasteiger charge is -2.42. The highest BCUT2D eigenvalue weighted by Gasteiger charge is 2.37. The number of benzene rings is 1. The lowest BCUT2D eigenvalue weighted by molar-refractivity contribution is -0.119. The minimum absolute atomic E-state index is 0.166. The third kappa shape index (κ3) is 2.35. The number of nitrogens with one attached hydrogen (secondary N) is 1. The van der Waals surface area contributed by atoms with Gasteiger partial charge >= 0.3 is 0 Å². The van der Waals surface area contributed by atoms with E-state index in [4.69, 9.17) is 0 Å². The zero-order chi connectivity index (χ0) is 14.2. The van der Waals surface area contributed by atoms with Crippen LogP contribution in [0.3, 0.4) is 0 Å². The van der Waals surface area contributed by atoms with Crippen molar-refractivity contribution < 1.29 is 4.79 Å². The van der Waals surface area contributed by atoms with Crippen LogP contribution >= 0.6 is 11.8 Å². The van der Waals surface area contributed by atoms with Crippen LogP contribution in [0.1, 0.15) is 37.3 Å². The predicted octanol–water partition coefficient (Wildman–Crippen LogP) is 2.97. The van der Waals surface area contributed by atoms with E-state index >= 15 is 0 Å². The van der Waals surface area contributed by atoms with Crippen LogP contribution in [-0.2, 0) is 4.79 Å². The molecule has 1 aromatic rings. The molecule has 20 heavy (non-hydrogen) atoms. The highest BCUT2D eigenvalue weighted by molar-refractivity contribution is 8.00. The van der Waals surface area contributed by atoms with Gasteiger partial charge in [-0.1, -0.05) is 24.6 Å². The Bertz CT molecular complexity index is 507. The molecule has 0 spiro atoms. The van der Waals surface area contributed by atoms with Crippen LogP contribution in [0.4, 0.5) is 5.69 Å². The maximum Gasteiger partial charge on any atom is 0.228 e. The summed E-state index contributed by atoms with van der Waals surface area (Å²) in [6.45, 7) is 1.00. The largest absolute Gasteiger partial charge is 0.315 e. The molecule has 0 aromatic heterocycles. The Kier molecular flexibility index (Phi) is 3.78. The average molecular weight is 290 g/mol. The standard InChI is InChI=1S/C16H22N2OS/c1-18-14-7-4-3-6-12(14)13(10-15(18)19)17-11-16(20-2)8-5-9-16/h3-4,6-7,13,17H,5,8-11H2,1-2H3. The number of amides is 1. The van der Waals surface area contributed by atoms with Crippen LogP contribution in [0.2, 0.25) is 0 Å². The molecule has 0 radical (unpaired) electrons. The first-order chi connectivity index (χ1) is 9.65. The first-order valence-corrected chi connectivity index (χ1v) is 8.52. The van der Waals surface area contributed by atoms with Crippen molar-refractivity contribution >= 4 is 23.4 Å². The van der Waals surface area contributed by atoms with E-state index in [9.17, 15) is 4.79 Å². The number of fused-ring (bicyclic) bond motifs is 1. The molecular formula is C16H22N2OS. The van der Waals surface area contributed by atoms with Crippen molar-refractivity contribution in [1.82, 2.24) is 5.32 Å². The number of thioether (sulfide) groups is 1. The summed E-state index contributed by atoms with van der Waals surface area (Å²) in [6.07, 6.45) is 6.70. The number of hydrogen-bond acceptors (Lipinski definition) is 3. The molecule has 1 fully saturated rings. The fraction of sp³-hybridized carbons (Fsp3) is 0.562. The first kappa shape index (κ1) is 14.0. The predicted molar refractivity (Wildman–Crippen MR) is 85.3 cm³/mol. The van der Waals surface area contributed by atoms with Gasteiger partial charge in [0.1, 0.15) is 0 Å². The van der Waals surface area contributed by atoms with Gasteiger partial charge in [0.15, 0.2) is 0 Å². The van der Waals surface area contributed by atoms with E-state index in [2.05, 4.69) is 23.7 Å². The van der Waals surface area contributed by atoms with Gasteiger partial charge in [-0.2, -0.15) is 11.8 Å². The fourth-order valence-corrected chi connectivity index (χ4v) is 4.08. The normalized spacial score (nSPS) is 24.2. The topological polar surface area (TPSA) is 32.3 Å². The molecule has 0 bridgehead atoms. The van der Waals surface area contributed by atoms with Crippen molar-refractivity contribution in [2.24, 2.45) is 0 Å². The van der Waals surface area contributed by atoms with Gasteiger partial charge in [0.2, 0.25) is 5.91 Å². The van der Waals surface area contributed by atoms with E-state index in [1.54, 1.807) is 4.90 Å². The molecule has 1 N–H and O–H groups in total. The summed E-state index contributed by atoms with van der Waals surface area (Å²) in [5, 5.41) is 3.65. The van der Waals surface area contributed by atoms with Crippen molar-refractivity contribution in [2.75, 3.05) is 24.7 Å². The molecule has 108 valence electrons. The Labute approximate surface area is 125 Å². The second kappa shape index (κ2) is 5.41. The molecule has 1 aliphatic heterocycles. The molecule has 1 aliphatic carbocycles. The second-order valence-corrected chi connectivity index (χ2v) is 7.16. The Morgan fingerprint density at radius 3 is 2.80 bits per heavy atom. The number of carbonyl (C=O) groups is 1. The summed E-state index contributed by atoms with van der Waals surface area (Å²) in [7, 11) is 1.87. The minimum Gasteiger partial charge on any atom is -0.315 e.